The highest BCUT2D eigenvalue weighted by molar-refractivity contribution is 5.92. The average molecular weight is 578 g/mol. The standard InChI is InChI=1S/C34H47N3O5/c1-33-14-11-24(38)18-22(33)5-7-26-27-9-10-30(34(27,2)15-12-28(26)33)36-41-20-31(39)35-16-13-21-17-32(40)42-29-19-23(37(3)4)6-8-25(21)29/h6,8,17,19,22,24,26-28,38H,5,7,9-16,18,20H2,1-4H3,(H,35,39)/b36-30-/t22-,24+,26-,27-,28-,33-,34-/m0/s1. The van der Waals surface area contributed by atoms with Crippen molar-refractivity contribution in [3.05, 3.63) is 40.2 Å². The van der Waals surface area contributed by atoms with E-state index in [9.17, 15) is 14.7 Å². The van der Waals surface area contributed by atoms with Crippen molar-refractivity contribution in [3.8, 4) is 0 Å². The highest BCUT2D eigenvalue weighted by atomic mass is 16.6. The molecule has 1 heterocycles. The maximum absolute atomic E-state index is 12.6. The molecule has 2 N–H and O–H groups in total. The number of nitrogens with one attached hydrogen (secondary N) is 1. The van der Waals surface area contributed by atoms with E-state index in [4.69, 9.17) is 9.25 Å². The molecule has 4 aliphatic rings. The van der Waals surface area contributed by atoms with Crippen LogP contribution in [0.15, 0.2) is 38.6 Å². The zero-order valence-corrected chi connectivity index (χ0v) is 25.7. The van der Waals surface area contributed by atoms with E-state index in [1.54, 1.807) is 0 Å². The number of anilines is 1. The van der Waals surface area contributed by atoms with Crippen LogP contribution in [0.3, 0.4) is 0 Å². The molecule has 4 saturated carbocycles. The third kappa shape index (κ3) is 5.24. The largest absolute Gasteiger partial charge is 0.423 e. The minimum absolute atomic E-state index is 0.0525. The number of amides is 1. The topological polar surface area (TPSA) is 104 Å². The predicted molar refractivity (Wildman–Crippen MR) is 165 cm³/mol. The Hall–Kier alpha value is -2.87. The molecule has 7 atom stereocenters. The molecule has 1 aromatic heterocycles. The van der Waals surface area contributed by atoms with Crippen LogP contribution in [0.2, 0.25) is 0 Å². The molecule has 0 bridgehead atoms. The van der Waals surface area contributed by atoms with Gasteiger partial charge in [-0.3, -0.25) is 4.79 Å². The number of benzene rings is 1. The van der Waals surface area contributed by atoms with E-state index in [1.807, 2.05) is 37.2 Å². The van der Waals surface area contributed by atoms with Gasteiger partial charge in [-0.25, -0.2) is 4.79 Å². The number of carbonyl (C=O) groups is 1. The van der Waals surface area contributed by atoms with Gasteiger partial charge in [-0.2, -0.15) is 0 Å². The van der Waals surface area contributed by atoms with Gasteiger partial charge < -0.3 is 24.6 Å². The molecule has 8 heteroatoms. The van der Waals surface area contributed by atoms with Crippen molar-refractivity contribution in [2.24, 2.45) is 39.7 Å². The second-order valence-electron chi connectivity index (χ2n) is 14.2. The Balaban J connectivity index is 1.03. The normalized spacial score (nSPS) is 34.9. The molecule has 8 nitrogen and oxygen atoms in total. The lowest BCUT2D eigenvalue weighted by Crippen LogP contribution is -2.54. The second-order valence-corrected chi connectivity index (χ2v) is 14.2. The fraction of sp³-hybridized carbons (Fsp3) is 0.676. The van der Waals surface area contributed by atoms with Crippen molar-refractivity contribution in [2.45, 2.75) is 84.2 Å². The van der Waals surface area contributed by atoms with E-state index in [0.29, 0.717) is 35.8 Å². The Labute approximate surface area is 248 Å². The van der Waals surface area contributed by atoms with Crippen molar-refractivity contribution in [3.63, 3.8) is 0 Å². The van der Waals surface area contributed by atoms with Crippen molar-refractivity contribution >= 4 is 28.3 Å². The molecule has 2 aromatic rings. The first kappa shape index (κ1) is 29.2. The lowest BCUT2D eigenvalue weighted by atomic mass is 9.45. The summed E-state index contributed by atoms with van der Waals surface area (Å²) in [5.41, 5.74) is 3.50. The number of carbonyl (C=O) groups excluding carboxylic acids is 1. The van der Waals surface area contributed by atoms with Gasteiger partial charge in [0.25, 0.3) is 5.91 Å². The van der Waals surface area contributed by atoms with E-state index in [0.717, 1.165) is 72.7 Å². The van der Waals surface area contributed by atoms with Crippen LogP contribution >= 0.6 is 0 Å². The highest BCUT2D eigenvalue weighted by Gasteiger charge is 2.59. The predicted octanol–water partition coefficient (Wildman–Crippen LogP) is 5.29. The molecule has 0 radical (unpaired) electrons. The molecule has 228 valence electrons. The van der Waals surface area contributed by atoms with Crippen LogP contribution in [-0.4, -0.2) is 50.1 Å². The van der Waals surface area contributed by atoms with Crippen molar-refractivity contribution in [1.82, 2.24) is 5.32 Å². The van der Waals surface area contributed by atoms with Crippen LogP contribution in [0.5, 0.6) is 0 Å². The SMILES string of the molecule is CN(C)c1ccc2c(CCNC(=O)CO/N=C3/CC[C@H]4[C@@H]5CC[C@H]6C[C@H](O)CC[C@]6(C)[C@H]5CC[C@]34C)cc(=O)oc2c1. The van der Waals surface area contributed by atoms with Gasteiger partial charge in [0.2, 0.25) is 0 Å². The molecule has 0 unspecified atom stereocenters. The summed E-state index contributed by atoms with van der Waals surface area (Å²) in [7, 11) is 3.88. The first-order valence-corrected chi connectivity index (χ1v) is 16.0. The summed E-state index contributed by atoms with van der Waals surface area (Å²) in [6.45, 7) is 5.18. The number of aliphatic hydroxyl groups is 1. The Kier molecular flexibility index (Phi) is 7.88. The van der Waals surface area contributed by atoms with Gasteiger partial charge in [0.05, 0.1) is 11.8 Å². The number of fused-ring (bicyclic) bond motifs is 6. The Morgan fingerprint density at radius 1 is 1.12 bits per heavy atom. The van der Waals surface area contributed by atoms with E-state index in [1.165, 1.54) is 25.3 Å². The van der Waals surface area contributed by atoms with Crippen LogP contribution in [0, 0.1) is 34.5 Å². The van der Waals surface area contributed by atoms with Crippen molar-refractivity contribution in [1.29, 1.82) is 0 Å². The third-order valence-corrected chi connectivity index (χ3v) is 11.8. The van der Waals surface area contributed by atoms with Gasteiger partial charge in [-0.1, -0.05) is 19.0 Å². The van der Waals surface area contributed by atoms with Crippen LogP contribution in [0.25, 0.3) is 11.0 Å². The fourth-order valence-corrected chi connectivity index (χ4v) is 9.43. The van der Waals surface area contributed by atoms with Gasteiger partial charge in [0.1, 0.15) is 5.58 Å². The number of oxime groups is 1. The molecule has 42 heavy (non-hydrogen) atoms. The van der Waals surface area contributed by atoms with E-state index >= 15 is 0 Å². The van der Waals surface area contributed by atoms with Crippen LogP contribution in [-0.2, 0) is 16.1 Å². The summed E-state index contributed by atoms with van der Waals surface area (Å²) in [6, 6.07) is 7.31. The molecule has 1 amide bonds. The minimum atomic E-state index is -0.393. The van der Waals surface area contributed by atoms with Crippen molar-refractivity contribution < 1.29 is 19.2 Å². The second kappa shape index (κ2) is 11.3. The average Bonchev–Trinajstić information content (AvgIpc) is 3.29. The minimum Gasteiger partial charge on any atom is -0.423 e. The smallest absolute Gasteiger partial charge is 0.336 e. The summed E-state index contributed by atoms with van der Waals surface area (Å²) in [5, 5.41) is 18.7. The zero-order valence-electron chi connectivity index (χ0n) is 25.7. The molecule has 4 fully saturated rings. The summed E-state index contributed by atoms with van der Waals surface area (Å²) in [4.78, 5) is 32.3. The fourth-order valence-electron chi connectivity index (χ4n) is 9.43. The number of hydrogen-bond donors (Lipinski definition) is 2. The van der Waals surface area contributed by atoms with E-state index in [-0.39, 0.29) is 24.0 Å². The molecule has 4 aliphatic carbocycles. The van der Waals surface area contributed by atoms with Gasteiger partial charge in [0, 0.05) is 49.3 Å². The molecular weight excluding hydrogens is 530 g/mol. The first-order chi connectivity index (χ1) is 20.1. The van der Waals surface area contributed by atoms with Crippen molar-refractivity contribution in [2.75, 3.05) is 32.1 Å². The summed E-state index contributed by atoms with van der Waals surface area (Å²) in [5.74, 6) is 2.55. The molecule has 1 aromatic carbocycles. The van der Waals surface area contributed by atoms with E-state index < -0.39 is 5.63 Å². The van der Waals surface area contributed by atoms with Crippen LogP contribution in [0.4, 0.5) is 5.69 Å². The van der Waals surface area contributed by atoms with E-state index in [2.05, 4.69) is 24.3 Å². The molecule has 0 spiro atoms. The Morgan fingerprint density at radius 2 is 1.95 bits per heavy atom. The summed E-state index contributed by atoms with van der Waals surface area (Å²) < 4.78 is 5.42. The highest BCUT2D eigenvalue weighted by Crippen LogP contribution is 2.65. The zero-order chi connectivity index (χ0) is 29.6. The number of hydrogen-bond acceptors (Lipinski definition) is 7. The third-order valence-electron chi connectivity index (χ3n) is 11.8. The van der Waals surface area contributed by atoms with Crippen LogP contribution < -0.4 is 15.8 Å². The van der Waals surface area contributed by atoms with Gasteiger partial charge in [-0.15, -0.1) is 0 Å². The lowest BCUT2D eigenvalue weighted by Gasteiger charge is -2.60. The monoisotopic (exact) mass is 577 g/mol. The van der Waals surface area contributed by atoms with Gasteiger partial charge >= 0.3 is 5.63 Å². The number of rotatable bonds is 7. The maximum atomic E-state index is 12.6. The lowest BCUT2D eigenvalue weighted by molar-refractivity contribution is -0.125. The quantitative estimate of drug-likeness (QED) is 0.342. The molecule has 0 aliphatic heterocycles. The Morgan fingerprint density at radius 3 is 2.76 bits per heavy atom. The molecule has 6 rings (SSSR count). The maximum Gasteiger partial charge on any atom is 0.336 e. The molecular formula is C34H47N3O5. The van der Waals surface area contributed by atoms with Crippen LogP contribution in [0.1, 0.15) is 77.2 Å². The molecule has 0 saturated heterocycles. The number of aliphatic hydroxyl groups excluding tert-OH is 1. The summed E-state index contributed by atoms with van der Waals surface area (Å²) in [6.07, 6.45) is 10.5. The first-order valence-electron chi connectivity index (χ1n) is 16.0. The Bertz CT molecular complexity index is 1420. The van der Waals surface area contributed by atoms with Gasteiger partial charge in [-0.05, 0) is 111 Å². The number of nitrogens with zero attached hydrogens (tertiary/aromatic N) is 2. The van der Waals surface area contributed by atoms with Gasteiger partial charge in [0.15, 0.2) is 6.61 Å². The summed E-state index contributed by atoms with van der Waals surface area (Å²) >= 11 is 0.